The van der Waals surface area contributed by atoms with Crippen LogP contribution in [0.1, 0.15) is 51.6 Å². The van der Waals surface area contributed by atoms with Gasteiger partial charge in [-0.1, -0.05) is 32.0 Å². The van der Waals surface area contributed by atoms with Gasteiger partial charge in [0.05, 0.1) is 19.2 Å². The van der Waals surface area contributed by atoms with Crippen LogP contribution < -0.4 is 10.6 Å². The van der Waals surface area contributed by atoms with E-state index < -0.39 is 5.97 Å². The molecule has 7 nitrogen and oxygen atoms in total. The average molecular weight is 431 g/mol. The second kappa shape index (κ2) is 10.9. The van der Waals surface area contributed by atoms with E-state index in [1.807, 2.05) is 30.3 Å². The highest BCUT2D eigenvalue weighted by Crippen LogP contribution is 2.18. The third-order valence-electron chi connectivity index (χ3n) is 4.76. The normalized spacial score (nSPS) is 11.2. The standard InChI is InChI=1S/C25H26N4O3/c1-17(2)21-7-4-8-22(14-21)28-25(27-16-18-6-5-13-26-15-18)29-23(30)19-9-11-20(12-10-19)24(31)32-3/h4-15,17H,16H2,1-3H3,(H2,27,28,29,30). The van der Waals surface area contributed by atoms with Gasteiger partial charge in [0.15, 0.2) is 0 Å². The van der Waals surface area contributed by atoms with Gasteiger partial charge < -0.3 is 10.1 Å². The van der Waals surface area contributed by atoms with Gasteiger partial charge in [0, 0.05) is 23.6 Å². The molecule has 0 radical (unpaired) electrons. The zero-order chi connectivity index (χ0) is 22.9. The Kier molecular flexibility index (Phi) is 7.70. The molecule has 0 saturated carbocycles. The summed E-state index contributed by atoms with van der Waals surface area (Å²) < 4.78 is 4.69. The van der Waals surface area contributed by atoms with Crippen molar-refractivity contribution < 1.29 is 14.3 Å². The maximum Gasteiger partial charge on any atom is 0.337 e. The Morgan fingerprint density at radius 2 is 1.78 bits per heavy atom. The van der Waals surface area contributed by atoms with E-state index in [0.29, 0.717) is 29.5 Å². The number of aliphatic imine (C=N–C) groups is 1. The summed E-state index contributed by atoms with van der Waals surface area (Å²) in [5.74, 6) is -0.117. The lowest BCUT2D eigenvalue weighted by Gasteiger charge is -2.14. The fourth-order valence-corrected chi connectivity index (χ4v) is 2.94. The van der Waals surface area contributed by atoms with E-state index in [0.717, 1.165) is 11.3 Å². The first-order valence-electron chi connectivity index (χ1n) is 10.3. The predicted molar refractivity (Wildman–Crippen MR) is 125 cm³/mol. The van der Waals surface area contributed by atoms with E-state index in [-0.39, 0.29) is 5.91 Å². The average Bonchev–Trinajstić information content (AvgIpc) is 2.83. The minimum atomic E-state index is -0.456. The molecular weight excluding hydrogens is 404 g/mol. The summed E-state index contributed by atoms with van der Waals surface area (Å²) >= 11 is 0. The van der Waals surface area contributed by atoms with Crippen molar-refractivity contribution in [3.05, 3.63) is 95.3 Å². The molecule has 0 unspecified atom stereocenters. The van der Waals surface area contributed by atoms with E-state index in [2.05, 4.69) is 40.5 Å². The van der Waals surface area contributed by atoms with Gasteiger partial charge in [-0.15, -0.1) is 0 Å². The summed E-state index contributed by atoms with van der Waals surface area (Å²) in [6.07, 6.45) is 3.43. The SMILES string of the molecule is COC(=O)c1ccc(C(=O)NC(=NCc2cccnc2)Nc2cccc(C(C)C)c2)cc1. The van der Waals surface area contributed by atoms with Crippen molar-refractivity contribution in [2.45, 2.75) is 26.3 Å². The number of benzene rings is 2. The third-order valence-corrected chi connectivity index (χ3v) is 4.76. The van der Waals surface area contributed by atoms with Crippen molar-refractivity contribution in [1.29, 1.82) is 0 Å². The Morgan fingerprint density at radius 1 is 1.03 bits per heavy atom. The molecule has 164 valence electrons. The number of nitrogens with one attached hydrogen (secondary N) is 2. The molecule has 0 aliphatic carbocycles. The molecule has 0 fully saturated rings. The minimum absolute atomic E-state index is 0.316. The largest absolute Gasteiger partial charge is 0.465 e. The van der Waals surface area contributed by atoms with Crippen LogP contribution >= 0.6 is 0 Å². The number of anilines is 1. The van der Waals surface area contributed by atoms with E-state index in [1.165, 1.54) is 12.7 Å². The van der Waals surface area contributed by atoms with E-state index in [9.17, 15) is 9.59 Å². The first-order chi connectivity index (χ1) is 15.5. The lowest BCUT2D eigenvalue weighted by atomic mass is 10.0. The van der Waals surface area contributed by atoms with Gasteiger partial charge in [-0.3, -0.25) is 15.1 Å². The molecule has 7 heteroatoms. The van der Waals surface area contributed by atoms with Crippen LogP contribution in [0.2, 0.25) is 0 Å². The van der Waals surface area contributed by atoms with Crippen LogP contribution in [0.3, 0.4) is 0 Å². The Bertz CT molecular complexity index is 1090. The smallest absolute Gasteiger partial charge is 0.337 e. The third kappa shape index (κ3) is 6.25. The number of esters is 1. The van der Waals surface area contributed by atoms with E-state index >= 15 is 0 Å². The summed E-state index contributed by atoms with van der Waals surface area (Å²) in [5, 5.41) is 6.03. The Balaban J connectivity index is 1.80. The highest BCUT2D eigenvalue weighted by molar-refractivity contribution is 6.10. The molecule has 1 heterocycles. The predicted octanol–water partition coefficient (Wildman–Crippen LogP) is 4.39. The Morgan fingerprint density at radius 3 is 2.44 bits per heavy atom. The van der Waals surface area contributed by atoms with Crippen LogP contribution in [0, 0.1) is 0 Å². The lowest BCUT2D eigenvalue weighted by molar-refractivity contribution is 0.0600. The Hall–Kier alpha value is -4.00. The van der Waals surface area contributed by atoms with Gasteiger partial charge in [0.2, 0.25) is 5.96 Å². The summed E-state index contributed by atoms with van der Waals surface area (Å²) in [4.78, 5) is 33.1. The molecule has 0 aliphatic rings. The summed E-state index contributed by atoms with van der Waals surface area (Å²) in [7, 11) is 1.31. The number of methoxy groups -OCH3 is 1. The lowest BCUT2D eigenvalue weighted by Crippen LogP contribution is -2.36. The fourth-order valence-electron chi connectivity index (χ4n) is 2.94. The molecule has 3 aromatic rings. The highest BCUT2D eigenvalue weighted by Gasteiger charge is 2.12. The Labute approximate surface area is 187 Å². The van der Waals surface area contributed by atoms with Gasteiger partial charge in [0.25, 0.3) is 5.91 Å². The van der Waals surface area contributed by atoms with Crippen molar-refractivity contribution in [2.24, 2.45) is 4.99 Å². The van der Waals surface area contributed by atoms with Gasteiger partial charge in [0.1, 0.15) is 0 Å². The molecule has 3 rings (SSSR count). The number of carbonyl (C=O) groups excluding carboxylic acids is 2. The number of pyridine rings is 1. The van der Waals surface area contributed by atoms with Crippen molar-refractivity contribution >= 4 is 23.5 Å². The maximum atomic E-state index is 12.8. The molecule has 0 saturated heterocycles. The van der Waals surface area contributed by atoms with Gasteiger partial charge >= 0.3 is 5.97 Å². The van der Waals surface area contributed by atoms with Gasteiger partial charge in [-0.05, 0) is 59.5 Å². The monoisotopic (exact) mass is 430 g/mol. The molecule has 2 N–H and O–H groups in total. The molecular formula is C25H26N4O3. The second-order valence-corrected chi connectivity index (χ2v) is 7.45. The summed E-state index contributed by atoms with van der Waals surface area (Å²) in [5.41, 5.74) is 3.68. The maximum absolute atomic E-state index is 12.8. The van der Waals surface area contributed by atoms with Gasteiger partial charge in [-0.25, -0.2) is 9.79 Å². The van der Waals surface area contributed by atoms with Crippen molar-refractivity contribution in [2.75, 3.05) is 12.4 Å². The summed E-state index contributed by atoms with van der Waals surface area (Å²) in [6.45, 7) is 4.59. The number of hydrogen-bond donors (Lipinski definition) is 2. The molecule has 2 aromatic carbocycles. The fraction of sp³-hybridized carbons (Fsp3) is 0.200. The first-order valence-corrected chi connectivity index (χ1v) is 10.3. The number of nitrogens with zero attached hydrogens (tertiary/aromatic N) is 2. The molecule has 0 bridgehead atoms. The van der Waals surface area contributed by atoms with Crippen molar-refractivity contribution in [1.82, 2.24) is 10.3 Å². The number of rotatable bonds is 6. The van der Waals surface area contributed by atoms with Crippen molar-refractivity contribution in [3.8, 4) is 0 Å². The number of guanidine groups is 1. The molecule has 0 spiro atoms. The van der Waals surface area contributed by atoms with Crippen LogP contribution in [0.5, 0.6) is 0 Å². The van der Waals surface area contributed by atoms with Crippen molar-refractivity contribution in [3.63, 3.8) is 0 Å². The topological polar surface area (TPSA) is 92.7 Å². The van der Waals surface area contributed by atoms with Crippen LogP contribution in [0.15, 0.2) is 78.0 Å². The second-order valence-electron chi connectivity index (χ2n) is 7.45. The zero-order valence-electron chi connectivity index (χ0n) is 18.3. The highest BCUT2D eigenvalue weighted by atomic mass is 16.5. The number of amides is 1. The number of aromatic nitrogens is 1. The molecule has 1 amide bonds. The quantitative estimate of drug-likeness (QED) is 0.344. The van der Waals surface area contributed by atoms with E-state index in [1.54, 1.807) is 36.7 Å². The molecule has 0 aliphatic heterocycles. The molecule has 32 heavy (non-hydrogen) atoms. The van der Waals surface area contributed by atoms with Crippen LogP contribution in [-0.4, -0.2) is 29.9 Å². The summed E-state index contributed by atoms with van der Waals surface area (Å²) in [6, 6.07) is 18.0. The molecule has 0 atom stereocenters. The van der Waals surface area contributed by atoms with Crippen LogP contribution in [0.25, 0.3) is 0 Å². The van der Waals surface area contributed by atoms with Crippen LogP contribution in [-0.2, 0) is 11.3 Å². The number of hydrogen-bond acceptors (Lipinski definition) is 5. The van der Waals surface area contributed by atoms with E-state index in [4.69, 9.17) is 4.74 Å². The van der Waals surface area contributed by atoms with Gasteiger partial charge in [-0.2, -0.15) is 0 Å². The van der Waals surface area contributed by atoms with Crippen LogP contribution in [0.4, 0.5) is 5.69 Å². The number of ether oxygens (including phenoxy) is 1. The number of carbonyl (C=O) groups is 2. The zero-order valence-corrected chi connectivity index (χ0v) is 18.3. The molecule has 1 aromatic heterocycles. The minimum Gasteiger partial charge on any atom is -0.465 e. The first kappa shape index (κ1) is 22.7.